The first-order valence-corrected chi connectivity index (χ1v) is 7.47. The highest BCUT2D eigenvalue weighted by Crippen LogP contribution is 2.38. The molecule has 1 aromatic heterocycles. The van der Waals surface area contributed by atoms with Gasteiger partial charge in [0.1, 0.15) is 23.4 Å². The van der Waals surface area contributed by atoms with Gasteiger partial charge in [-0.3, -0.25) is 4.79 Å². The van der Waals surface area contributed by atoms with Gasteiger partial charge in [0.15, 0.2) is 0 Å². The zero-order valence-electron chi connectivity index (χ0n) is 12.9. The average Bonchev–Trinajstić information content (AvgIpc) is 2.53. The van der Waals surface area contributed by atoms with E-state index in [0.29, 0.717) is 17.5 Å². The number of benzene rings is 1. The Balaban J connectivity index is 2.21. The Hall–Kier alpha value is -2.54. The largest absolute Gasteiger partial charge is 0.471 e. The summed E-state index contributed by atoms with van der Waals surface area (Å²) in [5, 5.41) is 9.38. The summed E-state index contributed by atoms with van der Waals surface area (Å²) >= 11 is 0. The van der Waals surface area contributed by atoms with Crippen molar-refractivity contribution in [3.63, 3.8) is 0 Å². The molecule has 0 bridgehead atoms. The van der Waals surface area contributed by atoms with E-state index in [1.165, 1.54) is 12.1 Å². The maximum atomic E-state index is 14.2. The van der Waals surface area contributed by atoms with Crippen LogP contribution in [0.5, 0.6) is 5.88 Å². The molecule has 0 spiro atoms. The standard InChI is InChI=1S/C17H16F2N2O3/c1-8-4-12-11(10-3-2-9(18)5-13(10)19)6-14(16(20)23)21-17(12)24-15(8)7-22/h2-3,5-6,8,15,22H,4,7H2,1H3,(H2,20,23). The van der Waals surface area contributed by atoms with Gasteiger partial charge in [0, 0.05) is 17.2 Å². The second kappa shape index (κ2) is 6.16. The average molecular weight is 334 g/mol. The molecule has 5 nitrogen and oxygen atoms in total. The van der Waals surface area contributed by atoms with Gasteiger partial charge in [-0.2, -0.15) is 0 Å². The van der Waals surface area contributed by atoms with Crippen LogP contribution in [-0.4, -0.2) is 28.7 Å². The SMILES string of the molecule is CC1Cc2c(-c3ccc(F)cc3F)cc(C(N)=O)nc2OC1CO. The summed E-state index contributed by atoms with van der Waals surface area (Å²) in [6.45, 7) is 1.68. The van der Waals surface area contributed by atoms with Crippen LogP contribution >= 0.6 is 0 Å². The molecule has 1 aromatic carbocycles. The van der Waals surface area contributed by atoms with Crippen LogP contribution in [0.15, 0.2) is 24.3 Å². The summed E-state index contributed by atoms with van der Waals surface area (Å²) in [5.41, 5.74) is 6.32. The minimum Gasteiger partial charge on any atom is -0.471 e. The number of nitrogens with zero attached hydrogens (tertiary/aromatic N) is 1. The quantitative estimate of drug-likeness (QED) is 0.900. The van der Waals surface area contributed by atoms with Crippen LogP contribution in [0.1, 0.15) is 23.0 Å². The van der Waals surface area contributed by atoms with E-state index in [-0.39, 0.29) is 29.7 Å². The van der Waals surface area contributed by atoms with E-state index in [2.05, 4.69) is 4.98 Å². The molecule has 0 saturated carbocycles. The zero-order valence-corrected chi connectivity index (χ0v) is 12.9. The highest BCUT2D eigenvalue weighted by atomic mass is 19.1. The fourth-order valence-electron chi connectivity index (χ4n) is 2.85. The van der Waals surface area contributed by atoms with E-state index < -0.39 is 23.6 Å². The van der Waals surface area contributed by atoms with Crippen molar-refractivity contribution in [3.05, 3.63) is 47.2 Å². The van der Waals surface area contributed by atoms with Crippen molar-refractivity contribution in [2.45, 2.75) is 19.4 Å². The molecular formula is C17H16F2N2O3. The second-order valence-corrected chi connectivity index (χ2v) is 5.85. The number of rotatable bonds is 3. The van der Waals surface area contributed by atoms with E-state index in [0.717, 1.165) is 12.1 Å². The van der Waals surface area contributed by atoms with Crippen LogP contribution in [-0.2, 0) is 6.42 Å². The lowest BCUT2D eigenvalue weighted by molar-refractivity contribution is 0.0561. The number of ether oxygens (including phenoxy) is 1. The minimum absolute atomic E-state index is 0.0361. The van der Waals surface area contributed by atoms with Gasteiger partial charge in [0.05, 0.1) is 6.61 Å². The van der Waals surface area contributed by atoms with Gasteiger partial charge >= 0.3 is 0 Å². The Morgan fingerprint density at radius 2 is 2.12 bits per heavy atom. The van der Waals surface area contributed by atoms with E-state index in [9.17, 15) is 18.7 Å². The van der Waals surface area contributed by atoms with Gasteiger partial charge in [-0.15, -0.1) is 0 Å². The molecule has 2 heterocycles. The van der Waals surface area contributed by atoms with Crippen molar-refractivity contribution >= 4 is 5.91 Å². The number of nitrogens with two attached hydrogens (primary N) is 1. The van der Waals surface area contributed by atoms with Gasteiger partial charge in [-0.1, -0.05) is 6.92 Å². The first-order valence-electron chi connectivity index (χ1n) is 7.47. The van der Waals surface area contributed by atoms with E-state index in [4.69, 9.17) is 10.5 Å². The van der Waals surface area contributed by atoms with Crippen molar-refractivity contribution in [1.29, 1.82) is 0 Å². The molecule has 1 aliphatic rings. The number of fused-ring (bicyclic) bond motifs is 1. The number of halogens is 2. The number of aliphatic hydroxyl groups is 1. The first-order chi connectivity index (χ1) is 11.4. The molecule has 1 aliphatic heterocycles. The van der Waals surface area contributed by atoms with Crippen LogP contribution < -0.4 is 10.5 Å². The topological polar surface area (TPSA) is 85.4 Å². The summed E-state index contributed by atoms with van der Waals surface area (Å²) in [7, 11) is 0. The fourth-order valence-corrected chi connectivity index (χ4v) is 2.85. The van der Waals surface area contributed by atoms with E-state index >= 15 is 0 Å². The molecule has 2 unspecified atom stereocenters. The summed E-state index contributed by atoms with van der Waals surface area (Å²) in [5.74, 6) is -2.13. The highest BCUT2D eigenvalue weighted by molar-refractivity contribution is 5.93. The molecule has 3 rings (SSSR count). The molecular weight excluding hydrogens is 318 g/mol. The van der Waals surface area contributed by atoms with Gasteiger partial charge in [0.25, 0.3) is 5.91 Å². The molecule has 126 valence electrons. The minimum atomic E-state index is -0.788. The molecule has 0 saturated heterocycles. The van der Waals surface area contributed by atoms with Crippen LogP contribution in [0.3, 0.4) is 0 Å². The van der Waals surface area contributed by atoms with Crippen molar-refractivity contribution in [3.8, 4) is 17.0 Å². The van der Waals surface area contributed by atoms with E-state index in [1.54, 1.807) is 0 Å². The van der Waals surface area contributed by atoms with Crippen molar-refractivity contribution in [1.82, 2.24) is 4.98 Å². The van der Waals surface area contributed by atoms with E-state index in [1.807, 2.05) is 6.92 Å². The van der Waals surface area contributed by atoms with Gasteiger partial charge in [-0.05, 0) is 36.1 Å². The van der Waals surface area contributed by atoms with Gasteiger partial charge < -0.3 is 15.6 Å². The molecule has 24 heavy (non-hydrogen) atoms. The Morgan fingerprint density at radius 1 is 1.38 bits per heavy atom. The van der Waals surface area contributed by atoms with Gasteiger partial charge in [-0.25, -0.2) is 13.8 Å². The monoisotopic (exact) mass is 334 g/mol. The Bertz CT molecular complexity index is 811. The number of amides is 1. The molecule has 7 heteroatoms. The molecule has 1 amide bonds. The number of carbonyl (C=O) groups excluding carboxylic acids is 1. The van der Waals surface area contributed by atoms with Gasteiger partial charge in [0.2, 0.25) is 5.88 Å². The second-order valence-electron chi connectivity index (χ2n) is 5.85. The number of aliphatic hydroxyl groups excluding tert-OH is 1. The van der Waals surface area contributed by atoms with Crippen LogP contribution in [0.25, 0.3) is 11.1 Å². The molecule has 2 aromatic rings. The highest BCUT2D eigenvalue weighted by Gasteiger charge is 2.31. The predicted molar refractivity (Wildman–Crippen MR) is 82.5 cm³/mol. The third kappa shape index (κ3) is 2.82. The third-order valence-electron chi connectivity index (χ3n) is 4.16. The zero-order chi connectivity index (χ0) is 17.4. The normalized spacial score (nSPS) is 19.5. The number of aromatic nitrogens is 1. The third-order valence-corrected chi connectivity index (χ3v) is 4.16. The number of primary amides is 1. The first kappa shape index (κ1) is 16.3. The molecule has 2 atom stereocenters. The smallest absolute Gasteiger partial charge is 0.267 e. The Labute approximate surface area is 137 Å². The number of carbonyl (C=O) groups is 1. The molecule has 0 fully saturated rings. The molecule has 0 aliphatic carbocycles. The lowest BCUT2D eigenvalue weighted by Crippen LogP contribution is -2.35. The Morgan fingerprint density at radius 3 is 2.75 bits per heavy atom. The number of hydrogen-bond donors (Lipinski definition) is 2. The summed E-state index contributed by atoms with van der Waals surface area (Å²) in [4.78, 5) is 15.6. The fraction of sp³-hybridized carbons (Fsp3) is 0.294. The maximum Gasteiger partial charge on any atom is 0.267 e. The lowest BCUT2D eigenvalue weighted by atomic mass is 9.88. The lowest BCUT2D eigenvalue weighted by Gasteiger charge is -2.31. The van der Waals surface area contributed by atoms with Crippen LogP contribution in [0, 0.1) is 17.6 Å². The summed E-state index contributed by atoms with van der Waals surface area (Å²) in [6, 6.07) is 4.59. The van der Waals surface area contributed by atoms with Crippen molar-refractivity contribution in [2.24, 2.45) is 11.7 Å². The molecule has 0 radical (unpaired) electrons. The summed E-state index contributed by atoms with van der Waals surface area (Å²) in [6.07, 6.45) is -0.00213. The van der Waals surface area contributed by atoms with Crippen LogP contribution in [0.2, 0.25) is 0 Å². The maximum absolute atomic E-state index is 14.2. The van der Waals surface area contributed by atoms with Crippen molar-refractivity contribution < 1.29 is 23.4 Å². The number of hydrogen-bond acceptors (Lipinski definition) is 4. The van der Waals surface area contributed by atoms with Crippen LogP contribution in [0.4, 0.5) is 8.78 Å². The Kier molecular flexibility index (Phi) is 4.19. The predicted octanol–water partition coefficient (Wildman–Crippen LogP) is 2.06. The summed E-state index contributed by atoms with van der Waals surface area (Å²) < 4.78 is 33.1. The number of pyridine rings is 1. The molecule has 3 N–H and O–H groups in total. The van der Waals surface area contributed by atoms with Crippen molar-refractivity contribution in [2.75, 3.05) is 6.61 Å².